The molecule has 0 aliphatic heterocycles. The van der Waals surface area contributed by atoms with Gasteiger partial charge in [-0.1, -0.05) is 73.4 Å². The summed E-state index contributed by atoms with van der Waals surface area (Å²) in [5, 5.41) is 3.31. The minimum Gasteiger partial charge on any atom is -0.146 e. The molecule has 1 atom stereocenters. The third-order valence-electron chi connectivity index (χ3n) is 4.73. The highest BCUT2D eigenvalue weighted by molar-refractivity contribution is 7.48. The first-order valence-corrected chi connectivity index (χ1v) is 17.8. The molecule has 0 nitrogen and oxygen atoms in total. The lowest BCUT2D eigenvalue weighted by atomic mass is 10.4. The van der Waals surface area contributed by atoms with Gasteiger partial charge in [-0.25, -0.2) is 0 Å². The van der Waals surface area contributed by atoms with E-state index in [1.165, 1.54) is 10.4 Å². The lowest BCUT2D eigenvalue weighted by Crippen LogP contribution is -2.52. The zero-order valence-electron chi connectivity index (χ0n) is 13.4. The normalized spacial score (nSPS) is 15.0. The topological polar surface area (TPSA) is 0 Å². The van der Waals surface area contributed by atoms with Gasteiger partial charge in [-0.2, -0.15) is 0 Å². The van der Waals surface area contributed by atoms with Crippen LogP contribution in [0.2, 0.25) is 37.9 Å². The first-order valence-electron chi connectivity index (χ1n) is 7.05. The summed E-state index contributed by atoms with van der Waals surface area (Å²) in [6, 6.07) is 9.16. The second-order valence-corrected chi connectivity index (χ2v) is 24.9. The van der Waals surface area contributed by atoms with Crippen molar-refractivity contribution in [2.75, 3.05) is 0 Å². The van der Waals surface area contributed by atoms with Crippen molar-refractivity contribution < 1.29 is 0 Å². The van der Waals surface area contributed by atoms with Crippen molar-refractivity contribution in [3.05, 3.63) is 36.5 Å². The minimum atomic E-state index is -2.14. The summed E-state index contributed by atoms with van der Waals surface area (Å²) in [6.45, 7) is 15.5. The van der Waals surface area contributed by atoms with E-state index in [9.17, 15) is 0 Å². The fraction of sp³-hybridized carbons (Fsp3) is 0.467. The van der Waals surface area contributed by atoms with E-state index in [2.05, 4.69) is 69.7 Å². The molecule has 0 saturated heterocycles. The van der Waals surface area contributed by atoms with E-state index in [1.807, 2.05) is 6.55 Å². The molecule has 0 heterocycles. The average molecular weight is 362 g/mol. The van der Waals surface area contributed by atoms with Gasteiger partial charge in [0.25, 0.3) is 0 Å². The van der Waals surface area contributed by atoms with Crippen LogP contribution in [0.5, 0.6) is 0 Å². The molecule has 0 radical (unpaired) electrons. The van der Waals surface area contributed by atoms with Gasteiger partial charge in [-0.15, -0.1) is 28.7 Å². The van der Waals surface area contributed by atoms with Crippen LogP contribution in [0.25, 0.3) is 0 Å². The van der Waals surface area contributed by atoms with Gasteiger partial charge in [0.05, 0.1) is 8.07 Å². The fourth-order valence-corrected chi connectivity index (χ4v) is 15.6. The van der Waals surface area contributed by atoms with Crippen LogP contribution in [0, 0.1) is 0 Å². The molecule has 5 heteroatoms. The molecule has 112 valence electrons. The monoisotopic (exact) mass is 360 g/mol. The Hall–Kier alpha value is 0.191. The summed E-state index contributed by atoms with van der Waals surface area (Å²) >= 11 is 13.0. The quantitative estimate of drug-likeness (QED) is 0.526. The molecule has 1 rings (SSSR count). The predicted octanol–water partition coefficient (Wildman–Crippen LogP) is 4.72. The molecular weight excluding hydrogens is 335 g/mol. The van der Waals surface area contributed by atoms with Gasteiger partial charge < -0.3 is 0 Å². The Bertz CT molecular complexity index is 473. The van der Waals surface area contributed by atoms with Crippen LogP contribution in [-0.4, -0.2) is 22.8 Å². The maximum atomic E-state index is 6.48. The van der Waals surface area contributed by atoms with E-state index in [0.717, 1.165) is 0 Å². The lowest BCUT2D eigenvalue weighted by Gasteiger charge is -2.35. The van der Waals surface area contributed by atoms with Crippen molar-refractivity contribution in [3.8, 4) is 0 Å². The van der Waals surface area contributed by atoms with Crippen LogP contribution in [0.1, 0.15) is 6.92 Å². The van der Waals surface area contributed by atoms with Gasteiger partial charge in [-0.3, -0.25) is 0 Å². The van der Waals surface area contributed by atoms with Gasteiger partial charge >= 0.3 is 0 Å². The molecule has 0 aromatic heterocycles. The Kier molecular flexibility index (Phi) is 5.59. The van der Waals surface area contributed by atoms with Crippen molar-refractivity contribution in [1.82, 2.24) is 0 Å². The number of hydrogen-bond acceptors (Lipinski definition) is 0. The Morgan fingerprint density at radius 3 is 1.70 bits per heavy atom. The summed E-state index contributed by atoms with van der Waals surface area (Å²) in [5.74, 6) is 0. The van der Waals surface area contributed by atoms with Gasteiger partial charge in [0.15, 0.2) is 0 Å². The number of rotatable bonds is 5. The van der Waals surface area contributed by atoms with Crippen LogP contribution in [0.4, 0.5) is 0 Å². The highest BCUT2D eigenvalue weighted by Crippen LogP contribution is 2.36. The third-order valence-corrected chi connectivity index (χ3v) is 20.0. The van der Waals surface area contributed by atoms with E-state index in [0.29, 0.717) is 5.16 Å². The molecular formula is C15H26Cl2Si3. The van der Waals surface area contributed by atoms with Gasteiger partial charge in [-0.05, 0) is 11.7 Å². The highest BCUT2D eigenvalue weighted by Gasteiger charge is 2.43. The van der Waals surface area contributed by atoms with Crippen molar-refractivity contribution in [3.63, 3.8) is 0 Å². The van der Waals surface area contributed by atoms with E-state index in [1.54, 1.807) is 0 Å². The molecule has 0 aliphatic carbocycles. The minimum absolute atomic E-state index is 0.425. The smallest absolute Gasteiger partial charge is 0.146 e. The second kappa shape index (κ2) is 6.13. The summed E-state index contributed by atoms with van der Waals surface area (Å²) < 4.78 is 0. The molecule has 0 fully saturated rings. The van der Waals surface area contributed by atoms with Gasteiger partial charge in [0, 0.05) is 0 Å². The molecule has 1 aromatic rings. The van der Waals surface area contributed by atoms with Crippen LogP contribution in [0.15, 0.2) is 36.5 Å². The van der Waals surface area contributed by atoms with Crippen LogP contribution < -0.4 is 10.4 Å². The van der Waals surface area contributed by atoms with E-state index >= 15 is 0 Å². The summed E-state index contributed by atoms with van der Waals surface area (Å²) in [4.78, 5) is 0. The van der Waals surface area contributed by atoms with Crippen LogP contribution in [0.3, 0.4) is 0 Å². The maximum Gasteiger partial charge on any atom is 0.248 e. The number of halogens is 2. The number of benzene rings is 1. The molecule has 0 bridgehead atoms. The molecule has 0 aliphatic rings. The Morgan fingerprint density at radius 2 is 1.35 bits per heavy atom. The first kappa shape index (κ1) is 18.2. The first-order chi connectivity index (χ1) is 8.93. The zero-order chi connectivity index (χ0) is 15.8. The molecule has 0 N–H and O–H groups in total. The highest BCUT2D eigenvalue weighted by atomic mass is 35.7. The molecule has 0 saturated carbocycles. The van der Waals surface area contributed by atoms with E-state index in [-0.39, 0.29) is 0 Å². The number of hydrogen-bond donors (Lipinski definition) is 0. The Labute approximate surface area is 136 Å². The average Bonchev–Trinajstić information content (AvgIpc) is 2.37. The maximum absolute atomic E-state index is 6.48. The van der Waals surface area contributed by atoms with Gasteiger partial charge in [0.2, 0.25) is 6.69 Å². The largest absolute Gasteiger partial charge is 0.248 e. The van der Waals surface area contributed by atoms with E-state index in [4.69, 9.17) is 22.2 Å². The van der Waals surface area contributed by atoms with E-state index < -0.39 is 22.8 Å². The second-order valence-electron chi connectivity index (χ2n) is 6.90. The van der Waals surface area contributed by atoms with Crippen molar-refractivity contribution in [2.45, 2.75) is 44.8 Å². The molecule has 1 aromatic carbocycles. The summed E-state index contributed by atoms with van der Waals surface area (Å²) in [6.07, 6.45) is 0. The Morgan fingerprint density at radius 1 is 0.950 bits per heavy atom. The molecule has 1 unspecified atom stereocenters. The predicted molar refractivity (Wildman–Crippen MR) is 104 cm³/mol. The SMILES string of the molecule is C=C[Si](C)(C)c1ccc([Si](C)(C)C(C)[Si](C)(Cl)Cl)cc1. The molecule has 0 amide bonds. The fourth-order valence-electron chi connectivity index (χ4n) is 2.33. The molecule has 20 heavy (non-hydrogen) atoms. The van der Waals surface area contributed by atoms with Crippen LogP contribution >= 0.6 is 22.2 Å². The zero-order valence-corrected chi connectivity index (χ0v) is 17.9. The molecule has 0 spiro atoms. The standard InChI is InChI=1S/C15H26Cl2Si3/c1-8-18(3,4)14-9-11-15(12-10-14)19(5,6)13(2)20(7,16)17/h8-13H,1H2,2-7H3. The lowest BCUT2D eigenvalue weighted by molar-refractivity contribution is 1.23. The third kappa shape index (κ3) is 3.89. The Balaban J connectivity index is 3.13. The van der Waals surface area contributed by atoms with Gasteiger partial charge in [0.1, 0.15) is 8.07 Å². The van der Waals surface area contributed by atoms with Crippen molar-refractivity contribution >= 4 is 55.4 Å². The summed E-state index contributed by atoms with van der Waals surface area (Å²) in [7, 11) is -3.09. The van der Waals surface area contributed by atoms with Crippen molar-refractivity contribution in [1.29, 1.82) is 0 Å². The van der Waals surface area contributed by atoms with Crippen LogP contribution in [-0.2, 0) is 0 Å². The summed E-state index contributed by atoms with van der Waals surface area (Å²) in [5.41, 5.74) is 2.13. The van der Waals surface area contributed by atoms with Crippen molar-refractivity contribution in [2.24, 2.45) is 0 Å².